The predicted molar refractivity (Wildman–Crippen MR) is 80.1 cm³/mol. The van der Waals surface area contributed by atoms with Crippen molar-refractivity contribution in [2.24, 2.45) is 0 Å². The summed E-state index contributed by atoms with van der Waals surface area (Å²) in [6.07, 6.45) is 0. The van der Waals surface area contributed by atoms with Crippen molar-refractivity contribution in [2.75, 3.05) is 12.4 Å². The van der Waals surface area contributed by atoms with Gasteiger partial charge in [0.15, 0.2) is 0 Å². The van der Waals surface area contributed by atoms with Crippen LogP contribution in [0.1, 0.15) is 20.0 Å². The van der Waals surface area contributed by atoms with Gasteiger partial charge in [-0.25, -0.2) is 4.79 Å². The topological polar surface area (TPSA) is 55.4 Å². The number of thiophene rings is 1. The molecule has 0 spiro atoms. The maximum atomic E-state index is 12.1. The van der Waals surface area contributed by atoms with Crippen LogP contribution in [0.4, 0.5) is 5.69 Å². The first-order chi connectivity index (χ1) is 9.54. The molecule has 20 heavy (non-hydrogen) atoms. The molecule has 0 fully saturated rings. The molecule has 1 amide bonds. The average Bonchev–Trinajstić information content (AvgIpc) is 2.89. The lowest BCUT2D eigenvalue weighted by molar-refractivity contribution is 0.0607. The minimum absolute atomic E-state index is 0.168. The van der Waals surface area contributed by atoms with Crippen molar-refractivity contribution in [1.29, 1.82) is 0 Å². The van der Waals surface area contributed by atoms with Gasteiger partial charge in [-0.15, -0.1) is 11.3 Å². The van der Waals surface area contributed by atoms with Gasteiger partial charge in [-0.1, -0.05) is 29.3 Å². The summed E-state index contributed by atoms with van der Waals surface area (Å²) in [5, 5.41) is 4.76. The molecule has 0 saturated heterocycles. The Kier molecular flexibility index (Phi) is 4.65. The van der Waals surface area contributed by atoms with Gasteiger partial charge in [0.25, 0.3) is 5.91 Å². The number of amides is 1. The highest BCUT2D eigenvalue weighted by atomic mass is 35.5. The number of ether oxygens (including phenoxy) is 1. The third-order valence-electron chi connectivity index (χ3n) is 2.48. The molecule has 1 aromatic carbocycles. The average molecular weight is 330 g/mol. The number of methoxy groups -OCH3 is 1. The van der Waals surface area contributed by atoms with Crippen molar-refractivity contribution in [1.82, 2.24) is 0 Å². The van der Waals surface area contributed by atoms with E-state index in [-0.39, 0.29) is 15.6 Å². The van der Waals surface area contributed by atoms with Crippen molar-refractivity contribution in [3.8, 4) is 0 Å². The molecule has 7 heteroatoms. The molecule has 0 aliphatic heterocycles. The van der Waals surface area contributed by atoms with Crippen LogP contribution in [0.2, 0.25) is 10.0 Å². The number of rotatable bonds is 3. The highest BCUT2D eigenvalue weighted by Gasteiger charge is 2.18. The number of hydrogen-bond donors (Lipinski definition) is 1. The van der Waals surface area contributed by atoms with E-state index in [4.69, 9.17) is 23.2 Å². The Morgan fingerprint density at radius 3 is 2.70 bits per heavy atom. The Morgan fingerprint density at radius 2 is 2.00 bits per heavy atom. The Hall–Kier alpha value is -1.56. The lowest BCUT2D eigenvalue weighted by Gasteiger charge is -2.07. The number of esters is 1. The maximum absolute atomic E-state index is 12.1. The van der Waals surface area contributed by atoms with Crippen LogP contribution in [-0.2, 0) is 4.74 Å². The van der Waals surface area contributed by atoms with E-state index in [2.05, 4.69) is 10.1 Å². The summed E-state index contributed by atoms with van der Waals surface area (Å²) in [5.74, 6) is -0.950. The Morgan fingerprint density at radius 1 is 1.25 bits per heavy atom. The molecule has 0 aliphatic rings. The molecule has 104 valence electrons. The van der Waals surface area contributed by atoms with Crippen molar-refractivity contribution in [3.05, 3.63) is 50.1 Å². The smallest absolute Gasteiger partial charge is 0.350 e. The zero-order chi connectivity index (χ0) is 14.7. The molecular formula is C13H9Cl2NO3S. The summed E-state index contributed by atoms with van der Waals surface area (Å²) in [6, 6.07) is 6.38. The number of anilines is 1. The Balaban J connectivity index is 2.27. The molecule has 0 saturated carbocycles. The van der Waals surface area contributed by atoms with Gasteiger partial charge in [0, 0.05) is 0 Å². The quantitative estimate of drug-likeness (QED) is 0.862. The van der Waals surface area contributed by atoms with Crippen LogP contribution in [0.3, 0.4) is 0 Å². The van der Waals surface area contributed by atoms with E-state index in [1.807, 2.05) is 0 Å². The minimum Gasteiger partial charge on any atom is -0.465 e. The normalized spacial score (nSPS) is 10.2. The summed E-state index contributed by atoms with van der Waals surface area (Å²) in [4.78, 5) is 24.0. The minimum atomic E-state index is -0.507. The van der Waals surface area contributed by atoms with Crippen LogP contribution < -0.4 is 5.32 Å². The fourth-order valence-corrected chi connectivity index (χ4v) is 2.68. The van der Waals surface area contributed by atoms with Gasteiger partial charge in [0.2, 0.25) is 0 Å². The van der Waals surface area contributed by atoms with Crippen LogP contribution >= 0.6 is 34.5 Å². The van der Waals surface area contributed by atoms with E-state index in [1.165, 1.54) is 18.4 Å². The second kappa shape index (κ2) is 6.26. The lowest BCUT2D eigenvalue weighted by atomic mass is 10.2. The van der Waals surface area contributed by atoms with E-state index >= 15 is 0 Å². The van der Waals surface area contributed by atoms with Gasteiger partial charge in [-0.05, 0) is 23.6 Å². The van der Waals surface area contributed by atoms with Crippen molar-refractivity contribution >= 4 is 52.1 Å². The molecule has 0 radical (unpaired) electrons. The number of carbonyl (C=O) groups is 2. The molecule has 4 nitrogen and oxygen atoms in total. The van der Waals surface area contributed by atoms with E-state index in [1.54, 1.807) is 29.6 Å². The lowest BCUT2D eigenvalue weighted by Crippen LogP contribution is -2.14. The standard InChI is InChI=1S/C13H9Cl2NO3S/c1-19-13(18)11-9(5-6-20-11)16-12(17)7-3-2-4-8(14)10(7)15/h2-6H,1H3,(H,16,17). The molecule has 1 aromatic heterocycles. The summed E-state index contributed by atoms with van der Waals surface area (Å²) in [5.41, 5.74) is 0.615. The van der Waals surface area contributed by atoms with Crippen LogP contribution in [0, 0.1) is 0 Å². The van der Waals surface area contributed by atoms with Gasteiger partial charge in [-0.2, -0.15) is 0 Å². The zero-order valence-electron chi connectivity index (χ0n) is 10.3. The summed E-state index contributed by atoms with van der Waals surface area (Å²) in [7, 11) is 1.28. The van der Waals surface area contributed by atoms with E-state index in [9.17, 15) is 9.59 Å². The molecule has 1 N–H and O–H groups in total. The highest BCUT2D eigenvalue weighted by molar-refractivity contribution is 7.12. The molecule has 0 bridgehead atoms. The zero-order valence-corrected chi connectivity index (χ0v) is 12.6. The Labute approximate surface area is 129 Å². The van der Waals surface area contributed by atoms with Crippen molar-refractivity contribution in [2.45, 2.75) is 0 Å². The first-order valence-corrected chi connectivity index (χ1v) is 7.09. The number of benzene rings is 1. The summed E-state index contributed by atoms with van der Waals surface area (Å²) < 4.78 is 4.64. The number of carbonyl (C=O) groups excluding carboxylic acids is 2. The summed E-state index contributed by atoms with van der Waals surface area (Å²) >= 11 is 13.0. The Bertz CT molecular complexity index is 669. The first kappa shape index (κ1) is 14.8. The van der Waals surface area contributed by atoms with Gasteiger partial charge >= 0.3 is 5.97 Å². The fourth-order valence-electron chi connectivity index (χ4n) is 1.53. The number of nitrogens with one attached hydrogen (secondary N) is 1. The second-order valence-corrected chi connectivity index (χ2v) is 5.41. The maximum Gasteiger partial charge on any atom is 0.350 e. The van der Waals surface area contributed by atoms with Gasteiger partial charge < -0.3 is 10.1 Å². The predicted octanol–water partition coefficient (Wildman–Crippen LogP) is 4.09. The second-order valence-electron chi connectivity index (χ2n) is 3.71. The third-order valence-corrected chi connectivity index (χ3v) is 4.19. The van der Waals surface area contributed by atoms with Crippen LogP contribution in [-0.4, -0.2) is 19.0 Å². The molecule has 1 heterocycles. The number of halogens is 2. The highest BCUT2D eigenvalue weighted by Crippen LogP contribution is 2.28. The van der Waals surface area contributed by atoms with E-state index in [0.29, 0.717) is 10.6 Å². The van der Waals surface area contributed by atoms with E-state index in [0.717, 1.165) is 0 Å². The molecule has 0 aliphatic carbocycles. The SMILES string of the molecule is COC(=O)c1sccc1NC(=O)c1cccc(Cl)c1Cl. The monoisotopic (exact) mass is 329 g/mol. The molecule has 2 aromatic rings. The van der Waals surface area contributed by atoms with Crippen LogP contribution in [0.25, 0.3) is 0 Å². The third kappa shape index (κ3) is 2.95. The van der Waals surface area contributed by atoms with E-state index < -0.39 is 11.9 Å². The van der Waals surface area contributed by atoms with Crippen molar-refractivity contribution < 1.29 is 14.3 Å². The largest absolute Gasteiger partial charge is 0.465 e. The first-order valence-electron chi connectivity index (χ1n) is 5.45. The van der Waals surface area contributed by atoms with Gasteiger partial charge in [-0.3, -0.25) is 4.79 Å². The fraction of sp³-hybridized carbons (Fsp3) is 0.0769. The van der Waals surface area contributed by atoms with Crippen molar-refractivity contribution in [3.63, 3.8) is 0 Å². The van der Waals surface area contributed by atoms with Gasteiger partial charge in [0.05, 0.1) is 28.4 Å². The number of hydrogen-bond acceptors (Lipinski definition) is 4. The van der Waals surface area contributed by atoms with Crippen LogP contribution in [0.15, 0.2) is 29.6 Å². The molecule has 0 atom stereocenters. The van der Waals surface area contributed by atoms with Gasteiger partial charge in [0.1, 0.15) is 4.88 Å². The van der Waals surface area contributed by atoms with Crippen LogP contribution in [0.5, 0.6) is 0 Å². The molecule has 2 rings (SSSR count). The molecule has 0 unspecified atom stereocenters. The summed E-state index contributed by atoms with van der Waals surface area (Å²) in [6.45, 7) is 0. The molecular weight excluding hydrogens is 321 g/mol.